The third kappa shape index (κ3) is 5.33. The topological polar surface area (TPSA) is 32.7 Å². The lowest BCUT2D eigenvalue weighted by Gasteiger charge is -2.59. The minimum Gasteiger partial charge on any atom is -0.337 e. The number of aryl methyl sites for hydroxylation is 3. The fraction of sp³-hybridized carbons (Fsp3) is 0.429. The van der Waals surface area contributed by atoms with E-state index in [9.17, 15) is 4.79 Å². The number of hydrogen-bond donors (Lipinski definition) is 0. The zero-order valence-corrected chi connectivity index (χ0v) is 19.9. The summed E-state index contributed by atoms with van der Waals surface area (Å²) in [6.45, 7) is 12.3. The number of amides is 1. The van der Waals surface area contributed by atoms with Gasteiger partial charge in [-0.25, -0.2) is 0 Å². The molecule has 0 unspecified atom stereocenters. The molecule has 1 amide bonds. The molecule has 1 spiro atoms. The zero-order chi connectivity index (χ0) is 22.6. The molecule has 2 aromatic carbocycles. The summed E-state index contributed by atoms with van der Waals surface area (Å²) in [4.78, 5) is 18.8. The van der Waals surface area contributed by atoms with Crippen LogP contribution in [0.2, 0.25) is 0 Å². The molecule has 3 heteroatoms. The molecule has 1 aliphatic heterocycles. The highest BCUT2D eigenvalue weighted by Gasteiger charge is 2.53. The second-order valence-electron chi connectivity index (χ2n) is 9.42. The first-order valence-corrected chi connectivity index (χ1v) is 11.2. The van der Waals surface area contributed by atoms with E-state index in [1.54, 1.807) is 0 Å². The Bertz CT molecular complexity index is 967. The van der Waals surface area contributed by atoms with Crippen molar-refractivity contribution in [2.24, 2.45) is 16.3 Å². The molecule has 0 atom stereocenters. The van der Waals surface area contributed by atoms with E-state index in [0.717, 1.165) is 29.9 Å². The van der Waals surface area contributed by atoms with Crippen molar-refractivity contribution in [2.75, 3.05) is 20.1 Å². The van der Waals surface area contributed by atoms with Crippen molar-refractivity contribution in [1.82, 2.24) is 4.90 Å². The summed E-state index contributed by atoms with van der Waals surface area (Å²) in [6.07, 6.45) is 4.63. The molecule has 0 bridgehead atoms. The third-order valence-electron chi connectivity index (χ3n) is 6.93. The quantitative estimate of drug-likeness (QED) is 0.549. The van der Waals surface area contributed by atoms with Gasteiger partial charge < -0.3 is 4.90 Å². The summed E-state index contributed by atoms with van der Waals surface area (Å²) in [6, 6.07) is 16.2. The fourth-order valence-electron chi connectivity index (χ4n) is 4.63. The average Bonchev–Trinajstić information content (AvgIpc) is 2.68. The Morgan fingerprint density at radius 2 is 1.45 bits per heavy atom. The molecular weight excluding hydrogens is 380 g/mol. The third-order valence-corrected chi connectivity index (χ3v) is 6.93. The number of carbonyl (C=O) groups is 1. The Hall–Kier alpha value is -2.68. The predicted molar refractivity (Wildman–Crippen MR) is 131 cm³/mol. The van der Waals surface area contributed by atoms with Gasteiger partial charge in [0.15, 0.2) is 0 Å². The van der Waals surface area contributed by atoms with Crippen LogP contribution in [0, 0.1) is 32.1 Å². The highest BCUT2D eigenvalue weighted by Crippen LogP contribution is 2.54. The largest absolute Gasteiger partial charge is 0.337 e. The Morgan fingerprint density at radius 3 is 1.94 bits per heavy atom. The molecule has 0 radical (unpaired) electrons. The van der Waals surface area contributed by atoms with Crippen molar-refractivity contribution < 1.29 is 4.79 Å². The molecule has 164 valence electrons. The molecule has 3 nitrogen and oxygen atoms in total. The van der Waals surface area contributed by atoms with Gasteiger partial charge in [0.1, 0.15) is 0 Å². The standard InChI is InChI=1S/C20H26N2O.C8H10/c1-14-7-5-6-8-18(14)19(23)22-12-20(13-22)10-17(11-20)15(2)9-16(3)21-4;1-7-5-3-4-6-8(7)2/h5-9,17H,10-13H2,1-4H3;3-6H,1-2H3/b15-9+,21-16?;. The van der Waals surface area contributed by atoms with Crippen molar-refractivity contribution >= 4 is 11.6 Å². The molecule has 2 aliphatic rings. The Kier molecular flexibility index (Phi) is 7.15. The van der Waals surface area contributed by atoms with Gasteiger partial charge in [-0.2, -0.15) is 0 Å². The number of hydrogen-bond acceptors (Lipinski definition) is 2. The van der Waals surface area contributed by atoms with Gasteiger partial charge in [0.05, 0.1) is 0 Å². The van der Waals surface area contributed by atoms with Gasteiger partial charge in [-0.05, 0) is 82.2 Å². The maximum atomic E-state index is 12.6. The van der Waals surface area contributed by atoms with E-state index in [4.69, 9.17) is 0 Å². The molecule has 1 heterocycles. The molecule has 1 saturated carbocycles. The molecule has 0 aromatic heterocycles. The second-order valence-corrected chi connectivity index (χ2v) is 9.42. The molecule has 2 fully saturated rings. The van der Waals surface area contributed by atoms with E-state index < -0.39 is 0 Å². The predicted octanol–water partition coefficient (Wildman–Crippen LogP) is 6.19. The minimum atomic E-state index is 0.193. The smallest absolute Gasteiger partial charge is 0.254 e. The van der Waals surface area contributed by atoms with Crippen molar-refractivity contribution in [3.8, 4) is 0 Å². The number of carbonyl (C=O) groups excluding carboxylic acids is 1. The highest BCUT2D eigenvalue weighted by molar-refractivity contribution is 5.96. The summed E-state index contributed by atoms with van der Waals surface area (Å²) in [5, 5.41) is 0. The normalized spacial score (nSPS) is 18.1. The van der Waals surface area contributed by atoms with E-state index in [2.05, 4.69) is 56.1 Å². The van der Waals surface area contributed by atoms with E-state index in [1.165, 1.54) is 29.5 Å². The minimum absolute atomic E-state index is 0.193. The summed E-state index contributed by atoms with van der Waals surface area (Å²) >= 11 is 0. The van der Waals surface area contributed by atoms with Gasteiger partial charge in [0.25, 0.3) is 5.91 Å². The lowest BCUT2D eigenvalue weighted by atomic mass is 9.56. The highest BCUT2D eigenvalue weighted by atomic mass is 16.2. The van der Waals surface area contributed by atoms with Crippen LogP contribution in [0.15, 0.2) is 65.2 Å². The first-order valence-electron chi connectivity index (χ1n) is 11.2. The van der Waals surface area contributed by atoms with Crippen LogP contribution in [0.5, 0.6) is 0 Å². The first-order chi connectivity index (χ1) is 14.7. The van der Waals surface area contributed by atoms with Crippen LogP contribution in [-0.4, -0.2) is 36.7 Å². The molecule has 1 aliphatic carbocycles. The molecule has 31 heavy (non-hydrogen) atoms. The lowest BCUT2D eigenvalue weighted by molar-refractivity contribution is -0.0664. The Balaban J connectivity index is 0.000000287. The summed E-state index contributed by atoms with van der Waals surface area (Å²) in [5.74, 6) is 0.862. The summed E-state index contributed by atoms with van der Waals surface area (Å²) in [5.41, 5.74) is 7.56. The van der Waals surface area contributed by atoms with Crippen LogP contribution in [0.4, 0.5) is 0 Å². The molecule has 1 saturated heterocycles. The van der Waals surface area contributed by atoms with Crippen LogP contribution >= 0.6 is 0 Å². The first kappa shape index (κ1) is 23.0. The van der Waals surface area contributed by atoms with Crippen LogP contribution in [-0.2, 0) is 0 Å². The van der Waals surface area contributed by atoms with Gasteiger partial charge in [-0.3, -0.25) is 9.79 Å². The van der Waals surface area contributed by atoms with E-state index in [1.807, 2.05) is 50.1 Å². The van der Waals surface area contributed by atoms with E-state index in [-0.39, 0.29) is 5.91 Å². The van der Waals surface area contributed by atoms with Crippen molar-refractivity contribution in [3.05, 3.63) is 82.4 Å². The number of benzene rings is 2. The SMILES string of the molecule is CN=C(C)/C=C(\C)C1CC2(C1)CN(C(=O)c1ccccc1C)C2.Cc1ccccc1C. The van der Waals surface area contributed by atoms with Gasteiger partial charge >= 0.3 is 0 Å². The van der Waals surface area contributed by atoms with Gasteiger partial charge in [0, 0.05) is 36.8 Å². The van der Waals surface area contributed by atoms with Crippen LogP contribution < -0.4 is 0 Å². The number of allylic oxidation sites excluding steroid dienone is 2. The lowest BCUT2D eigenvalue weighted by Crippen LogP contribution is -2.63. The summed E-state index contributed by atoms with van der Waals surface area (Å²) < 4.78 is 0. The molecular formula is C28H36N2O. The number of nitrogens with zero attached hydrogens (tertiary/aromatic N) is 2. The Morgan fingerprint density at radius 1 is 0.935 bits per heavy atom. The van der Waals surface area contributed by atoms with Gasteiger partial charge in [0.2, 0.25) is 0 Å². The van der Waals surface area contributed by atoms with Crippen molar-refractivity contribution in [3.63, 3.8) is 0 Å². The van der Waals surface area contributed by atoms with Crippen LogP contribution in [0.1, 0.15) is 53.7 Å². The number of aliphatic imine (C=N–C) groups is 1. The monoisotopic (exact) mass is 416 g/mol. The summed E-state index contributed by atoms with van der Waals surface area (Å²) in [7, 11) is 1.84. The van der Waals surface area contributed by atoms with E-state index >= 15 is 0 Å². The average molecular weight is 417 g/mol. The molecule has 2 aromatic rings. The number of rotatable bonds is 3. The molecule has 4 rings (SSSR count). The maximum Gasteiger partial charge on any atom is 0.254 e. The maximum absolute atomic E-state index is 12.6. The zero-order valence-electron chi connectivity index (χ0n) is 19.9. The second kappa shape index (κ2) is 9.64. The van der Waals surface area contributed by atoms with Crippen molar-refractivity contribution in [2.45, 2.75) is 47.5 Å². The van der Waals surface area contributed by atoms with Gasteiger partial charge in [-0.15, -0.1) is 0 Å². The van der Waals surface area contributed by atoms with Gasteiger partial charge in [-0.1, -0.05) is 48.0 Å². The number of likely N-dealkylation sites (tertiary alicyclic amines) is 1. The van der Waals surface area contributed by atoms with Crippen LogP contribution in [0.25, 0.3) is 0 Å². The van der Waals surface area contributed by atoms with E-state index in [0.29, 0.717) is 11.3 Å². The molecule has 0 N–H and O–H groups in total. The van der Waals surface area contributed by atoms with Crippen molar-refractivity contribution in [1.29, 1.82) is 0 Å². The Labute approximate surface area is 187 Å². The fourth-order valence-corrected chi connectivity index (χ4v) is 4.63. The van der Waals surface area contributed by atoms with Crippen LogP contribution in [0.3, 0.4) is 0 Å².